The Bertz CT molecular complexity index is 435. The van der Waals surface area contributed by atoms with Crippen LogP contribution in [0.5, 0.6) is 0 Å². The van der Waals surface area contributed by atoms with Crippen molar-refractivity contribution in [1.29, 1.82) is 0 Å². The van der Waals surface area contributed by atoms with Gasteiger partial charge in [0.2, 0.25) is 0 Å². The Morgan fingerprint density at radius 1 is 1.42 bits per heavy atom. The maximum absolute atomic E-state index is 13.4. The monoisotopic (exact) mass is 329 g/mol. The van der Waals surface area contributed by atoms with E-state index >= 15 is 0 Å². The molecule has 5 heteroatoms. The molecule has 0 aliphatic carbocycles. The van der Waals surface area contributed by atoms with Gasteiger partial charge < -0.3 is 10.6 Å². The van der Waals surface area contributed by atoms with Crippen molar-refractivity contribution < 1.29 is 4.39 Å². The van der Waals surface area contributed by atoms with E-state index in [0.29, 0.717) is 17.1 Å². The second-order valence-corrected chi connectivity index (χ2v) is 5.25. The standard InChI is InChI=1S/C14H21BrFN3/c1-4-10(3)19-14(17-5-2)18-9-11-6-7-12(15)13(16)8-11/h6-8,10H,4-5,9H2,1-3H3,(H2,17,18,19). The second-order valence-electron chi connectivity index (χ2n) is 4.40. The highest BCUT2D eigenvalue weighted by Crippen LogP contribution is 2.16. The van der Waals surface area contributed by atoms with Crippen molar-refractivity contribution in [3.05, 3.63) is 34.1 Å². The van der Waals surface area contributed by atoms with Crippen LogP contribution in [-0.2, 0) is 6.54 Å². The van der Waals surface area contributed by atoms with Crippen molar-refractivity contribution in [2.75, 3.05) is 6.54 Å². The van der Waals surface area contributed by atoms with Gasteiger partial charge in [0.25, 0.3) is 0 Å². The van der Waals surface area contributed by atoms with Crippen molar-refractivity contribution in [2.24, 2.45) is 4.99 Å². The fourth-order valence-corrected chi connectivity index (χ4v) is 1.71. The van der Waals surface area contributed by atoms with Crippen LogP contribution in [0.4, 0.5) is 4.39 Å². The molecule has 106 valence electrons. The Morgan fingerprint density at radius 2 is 2.16 bits per heavy atom. The lowest BCUT2D eigenvalue weighted by molar-refractivity contribution is 0.617. The van der Waals surface area contributed by atoms with Gasteiger partial charge in [-0.15, -0.1) is 0 Å². The molecule has 0 fully saturated rings. The summed E-state index contributed by atoms with van der Waals surface area (Å²) in [5.74, 6) is 0.507. The summed E-state index contributed by atoms with van der Waals surface area (Å²) in [6.07, 6.45) is 1.03. The van der Waals surface area contributed by atoms with Gasteiger partial charge in [0, 0.05) is 12.6 Å². The van der Waals surface area contributed by atoms with Crippen LogP contribution in [0, 0.1) is 5.82 Å². The number of aliphatic imine (C=N–C) groups is 1. The molecule has 1 aromatic rings. The predicted molar refractivity (Wildman–Crippen MR) is 81.8 cm³/mol. The molecule has 0 bridgehead atoms. The minimum atomic E-state index is -0.257. The summed E-state index contributed by atoms with van der Waals surface area (Å²) in [6, 6.07) is 5.43. The van der Waals surface area contributed by atoms with Gasteiger partial charge in [0.1, 0.15) is 5.82 Å². The van der Waals surface area contributed by atoms with Gasteiger partial charge in [-0.05, 0) is 53.9 Å². The average Bonchev–Trinajstić information content (AvgIpc) is 2.40. The molecule has 0 amide bonds. The third-order valence-corrected chi connectivity index (χ3v) is 3.39. The Hall–Kier alpha value is -1.10. The molecule has 0 saturated carbocycles. The van der Waals surface area contributed by atoms with Crippen LogP contribution >= 0.6 is 15.9 Å². The van der Waals surface area contributed by atoms with Gasteiger partial charge in [0.05, 0.1) is 11.0 Å². The molecule has 2 N–H and O–H groups in total. The van der Waals surface area contributed by atoms with Crippen LogP contribution in [0.1, 0.15) is 32.8 Å². The number of rotatable bonds is 5. The summed E-state index contributed by atoms with van der Waals surface area (Å²) in [4.78, 5) is 4.45. The fourth-order valence-electron chi connectivity index (χ4n) is 1.46. The molecule has 0 heterocycles. The zero-order chi connectivity index (χ0) is 14.3. The maximum Gasteiger partial charge on any atom is 0.191 e. The zero-order valence-corrected chi connectivity index (χ0v) is 13.2. The highest BCUT2D eigenvalue weighted by molar-refractivity contribution is 9.10. The average molecular weight is 330 g/mol. The summed E-state index contributed by atoms with van der Waals surface area (Å²) in [7, 11) is 0. The lowest BCUT2D eigenvalue weighted by atomic mass is 10.2. The number of nitrogens with zero attached hydrogens (tertiary/aromatic N) is 1. The van der Waals surface area contributed by atoms with E-state index < -0.39 is 0 Å². The quantitative estimate of drug-likeness (QED) is 0.641. The van der Waals surface area contributed by atoms with Crippen LogP contribution in [-0.4, -0.2) is 18.5 Å². The van der Waals surface area contributed by atoms with Crippen molar-refractivity contribution in [3.8, 4) is 0 Å². The largest absolute Gasteiger partial charge is 0.357 e. The van der Waals surface area contributed by atoms with Gasteiger partial charge in [0.15, 0.2) is 5.96 Å². The van der Waals surface area contributed by atoms with Crippen molar-refractivity contribution in [1.82, 2.24) is 10.6 Å². The molecule has 0 aliphatic rings. The number of hydrogen-bond donors (Lipinski definition) is 2. The molecular formula is C14H21BrFN3. The molecule has 0 radical (unpaired) electrons. The van der Waals surface area contributed by atoms with Crippen molar-refractivity contribution in [2.45, 2.75) is 39.8 Å². The van der Waals surface area contributed by atoms with Crippen LogP contribution in [0.2, 0.25) is 0 Å². The third kappa shape index (κ3) is 5.59. The Labute approximate surface area is 122 Å². The van der Waals surface area contributed by atoms with E-state index in [-0.39, 0.29) is 5.82 Å². The highest BCUT2D eigenvalue weighted by Gasteiger charge is 2.03. The Kier molecular flexibility index (Phi) is 6.84. The van der Waals surface area contributed by atoms with Crippen LogP contribution < -0.4 is 10.6 Å². The van der Waals surface area contributed by atoms with E-state index in [0.717, 1.165) is 24.5 Å². The smallest absolute Gasteiger partial charge is 0.191 e. The number of halogens is 2. The van der Waals surface area contributed by atoms with Gasteiger partial charge in [-0.3, -0.25) is 0 Å². The second kappa shape index (κ2) is 8.15. The third-order valence-electron chi connectivity index (χ3n) is 2.74. The number of nitrogens with one attached hydrogen (secondary N) is 2. The number of hydrogen-bond acceptors (Lipinski definition) is 1. The molecular weight excluding hydrogens is 309 g/mol. The van der Waals surface area contributed by atoms with Gasteiger partial charge in [-0.1, -0.05) is 13.0 Å². The SMILES string of the molecule is CCNC(=NCc1ccc(Br)c(F)c1)NC(C)CC. The molecule has 19 heavy (non-hydrogen) atoms. The maximum atomic E-state index is 13.4. The Balaban J connectivity index is 2.70. The van der Waals surface area contributed by atoms with Crippen LogP contribution in [0.15, 0.2) is 27.7 Å². The molecule has 1 atom stereocenters. The fraction of sp³-hybridized carbons (Fsp3) is 0.500. The van der Waals surface area contributed by atoms with Crippen molar-refractivity contribution in [3.63, 3.8) is 0 Å². The summed E-state index contributed by atoms with van der Waals surface area (Å²) in [6.45, 7) is 7.50. The predicted octanol–water partition coefficient (Wildman–Crippen LogP) is 3.44. The summed E-state index contributed by atoms with van der Waals surface area (Å²) >= 11 is 3.14. The number of guanidine groups is 1. The summed E-state index contributed by atoms with van der Waals surface area (Å²) in [5, 5.41) is 6.48. The molecule has 3 nitrogen and oxygen atoms in total. The minimum absolute atomic E-state index is 0.257. The minimum Gasteiger partial charge on any atom is -0.357 e. The van der Waals surface area contributed by atoms with Crippen LogP contribution in [0.25, 0.3) is 0 Å². The lowest BCUT2D eigenvalue weighted by Crippen LogP contribution is -2.41. The lowest BCUT2D eigenvalue weighted by Gasteiger charge is -2.16. The van der Waals surface area contributed by atoms with E-state index in [4.69, 9.17) is 0 Å². The zero-order valence-electron chi connectivity index (χ0n) is 11.6. The first kappa shape index (κ1) is 16.0. The topological polar surface area (TPSA) is 36.4 Å². The van der Waals surface area contributed by atoms with Gasteiger partial charge >= 0.3 is 0 Å². The first-order chi connectivity index (χ1) is 9.06. The normalized spacial score (nSPS) is 13.2. The molecule has 1 rings (SSSR count). The van der Waals surface area contributed by atoms with Gasteiger partial charge in [-0.25, -0.2) is 9.38 Å². The first-order valence-corrected chi connectivity index (χ1v) is 7.34. The molecule has 0 aromatic heterocycles. The molecule has 0 saturated heterocycles. The van der Waals surface area contributed by atoms with E-state index in [1.54, 1.807) is 6.07 Å². The molecule has 0 aliphatic heterocycles. The van der Waals surface area contributed by atoms with E-state index in [1.807, 2.05) is 13.0 Å². The molecule has 1 unspecified atom stereocenters. The van der Waals surface area contributed by atoms with E-state index in [2.05, 4.69) is 45.4 Å². The van der Waals surface area contributed by atoms with E-state index in [1.165, 1.54) is 6.07 Å². The summed E-state index contributed by atoms with van der Waals surface area (Å²) < 4.78 is 13.9. The van der Waals surface area contributed by atoms with Gasteiger partial charge in [-0.2, -0.15) is 0 Å². The molecule has 1 aromatic carbocycles. The van der Waals surface area contributed by atoms with Crippen LogP contribution in [0.3, 0.4) is 0 Å². The summed E-state index contributed by atoms with van der Waals surface area (Å²) in [5.41, 5.74) is 0.849. The highest BCUT2D eigenvalue weighted by atomic mass is 79.9. The Morgan fingerprint density at radius 3 is 2.74 bits per heavy atom. The molecule has 0 spiro atoms. The van der Waals surface area contributed by atoms with E-state index in [9.17, 15) is 4.39 Å². The number of benzene rings is 1. The first-order valence-electron chi connectivity index (χ1n) is 6.55. The van der Waals surface area contributed by atoms with Crippen molar-refractivity contribution >= 4 is 21.9 Å².